The van der Waals surface area contributed by atoms with Crippen molar-refractivity contribution < 1.29 is 19.5 Å². The van der Waals surface area contributed by atoms with E-state index in [-0.39, 0.29) is 35.4 Å². The van der Waals surface area contributed by atoms with E-state index in [1.165, 1.54) is 6.92 Å². The van der Waals surface area contributed by atoms with Crippen molar-refractivity contribution in [3.8, 4) is 0 Å². The summed E-state index contributed by atoms with van der Waals surface area (Å²) < 4.78 is 0. The summed E-state index contributed by atoms with van der Waals surface area (Å²) in [4.78, 5) is 41.4. The van der Waals surface area contributed by atoms with E-state index >= 15 is 0 Å². The molecule has 172 valence electrons. The number of amides is 2. The van der Waals surface area contributed by atoms with E-state index in [2.05, 4.69) is 17.1 Å². The number of hydrogen-bond donors (Lipinski definition) is 2. The van der Waals surface area contributed by atoms with Gasteiger partial charge in [-0.15, -0.1) is 0 Å². The lowest BCUT2D eigenvalue weighted by atomic mass is 9.84. The monoisotopic (exact) mass is 423 g/mol. The van der Waals surface area contributed by atoms with Crippen LogP contribution in [0.3, 0.4) is 0 Å². The molecule has 1 fully saturated rings. The van der Waals surface area contributed by atoms with Crippen LogP contribution in [0.2, 0.25) is 0 Å². The van der Waals surface area contributed by atoms with Crippen LogP contribution in [0, 0.1) is 17.3 Å². The second-order valence-electron chi connectivity index (χ2n) is 10.3. The predicted octanol–water partition coefficient (Wildman–Crippen LogP) is 2.76. The molecule has 0 bridgehead atoms. The highest BCUT2D eigenvalue weighted by atomic mass is 16.4. The SMILES string of the molecule is C/C(=C\C(C(C)C)N(C)C(=O)C(NC(=O)C1CCC(C)CN1C)C(C)(C)C)C(=O)O. The fourth-order valence-corrected chi connectivity index (χ4v) is 4.02. The third kappa shape index (κ3) is 6.83. The van der Waals surface area contributed by atoms with Crippen molar-refractivity contribution in [3.05, 3.63) is 11.6 Å². The molecule has 2 amide bonds. The van der Waals surface area contributed by atoms with Crippen molar-refractivity contribution >= 4 is 17.8 Å². The van der Waals surface area contributed by atoms with Crippen LogP contribution in [0.25, 0.3) is 0 Å². The number of carboxylic acids is 1. The van der Waals surface area contributed by atoms with Crippen LogP contribution < -0.4 is 5.32 Å². The lowest BCUT2D eigenvalue weighted by molar-refractivity contribution is -0.141. The first-order valence-corrected chi connectivity index (χ1v) is 10.9. The van der Waals surface area contributed by atoms with E-state index in [0.29, 0.717) is 5.92 Å². The quantitative estimate of drug-likeness (QED) is 0.615. The van der Waals surface area contributed by atoms with Crippen LogP contribution in [0.1, 0.15) is 61.3 Å². The Bertz CT molecular complexity index is 666. The van der Waals surface area contributed by atoms with Gasteiger partial charge >= 0.3 is 5.97 Å². The molecule has 1 rings (SSSR count). The molecule has 0 aromatic carbocycles. The number of aliphatic carboxylic acids is 1. The van der Waals surface area contributed by atoms with Gasteiger partial charge in [0.1, 0.15) is 6.04 Å². The highest BCUT2D eigenvalue weighted by Gasteiger charge is 2.39. The highest BCUT2D eigenvalue weighted by molar-refractivity contribution is 5.91. The molecule has 1 aliphatic heterocycles. The molecule has 0 aromatic rings. The first kappa shape index (κ1) is 26.1. The molecule has 0 radical (unpaired) electrons. The summed E-state index contributed by atoms with van der Waals surface area (Å²) in [5, 5.41) is 12.3. The minimum atomic E-state index is -1.00. The lowest BCUT2D eigenvalue weighted by Crippen LogP contribution is -2.60. The number of carbonyl (C=O) groups excluding carboxylic acids is 2. The van der Waals surface area contributed by atoms with Gasteiger partial charge in [-0.1, -0.05) is 47.6 Å². The Hall–Kier alpha value is -1.89. The van der Waals surface area contributed by atoms with Crippen molar-refractivity contribution in [2.45, 2.75) is 79.4 Å². The molecule has 7 nitrogen and oxygen atoms in total. The standard InChI is InChI=1S/C23H41N3O4/c1-14(2)18(12-16(4)22(29)30)26(9)21(28)19(23(5,6)7)24-20(27)17-11-10-15(3)13-25(17)8/h12,14-15,17-19H,10-11,13H2,1-9H3,(H,24,27)(H,29,30)/b16-12+. The Morgan fingerprint density at radius 3 is 2.20 bits per heavy atom. The van der Waals surface area contributed by atoms with Crippen LogP contribution >= 0.6 is 0 Å². The van der Waals surface area contributed by atoms with E-state index in [9.17, 15) is 19.5 Å². The first-order chi connectivity index (χ1) is 13.7. The zero-order valence-corrected chi connectivity index (χ0v) is 20.2. The summed E-state index contributed by atoms with van der Waals surface area (Å²) in [5.74, 6) is -0.756. The number of nitrogens with one attached hydrogen (secondary N) is 1. The number of carbonyl (C=O) groups is 3. The zero-order valence-electron chi connectivity index (χ0n) is 20.2. The molecule has 2 N–H and O–H groups in total. The Labute approximate surface area is 181 Å². The summed E-state index contributed by atoms with van der Waals surface area (Å²) >= 11 is 0. The molecule has 0 saturated carbocycles. The number of likely N-dealkylation sites (tertiary alicyclic amines) is 1. The van der Waals surface area contributed by atoms with Crippen molar-refractivity contribution in [1.29, 1.82) is 0 Å². The molecule has 0 aliphatic carbocycles. The van der Waals surface area contributed by atoms with Gasteiger partial charge in [0.15, 0.2) is 0 Å². The molecule has 7 heteroatoms. The number of piperidine rings is 1. The minimum absolute atomic E-state index is 0.0236. The first-order valence-electron chi connectivity index (χ1n) is 10.9. The Balaban J connectivity index is 3.09. The summed E-state index contributed by atoms with van der Waals surface area (Å²) in [6.07, 6.45) is 3.38. The van der Waals surface area contributed by atoms with Crippen LogP contribution in [-0.2, 0) is 14.4 Å². The third-order valence-corrected chi connectivity index (χ3v) is 6.00. The van der Waals surface area contributed by atoms with Gasteiger partial charge in [-0.25, -0.2) is 4.79 Å². The number of carboxylic acid groups (broad SMARTS) is 1. The number of hydrogen-bond acceptors (Lipinski definition) is 4. The van der Waals surface area contributed by atoms with Crippen LogP contribution in [0.5, 0.6) is 0 Å². The van der Waals surface area contributed by atoms with E-state index in [1.807, 2.05) is 41.7 Å². The van der Waals surface area contributed by atoms with Crippen molar-refractivity contribution in [3.63, 3.8) is 0 Å². The Kier molecular flexibility index (Phi) is 9.08. The fourth-order valence-electron chi connectivity index (χ4n) is 4.02. The van der Waals surface area contributed by atoms with Gasteiger partial charge < -0.3 is 15.3 Å². The smallest absolute Gasteiger partial charge is 0.331 e. The molecule has 30 heavy (non-hydrogen) atoms. The van der Waals surface area contributed by atoms with E-state index < -0.39 is 17.4 Å². The lowest BCUT2D eigenvalue weighted by Gasteiger charge is -2.40. The molecule has 1 saturated heterocycles. The minimum Gasteiger partial charge on any atom is -0.478 e. The van der Waals surface area contributed by atoms with E-state index in [1.54, 1.807) is 18.0 Å². The van der Waals surface area contributed by atoms with Crippen molar-refractivity contribution in [2.75, 3.05) is 20.6 Å². The molecular formula is C23H41N3O4. The van der Waals surface area contributed by atoms with E-state index in [0.717, 1.165) is 19.4 Å². The van der Waals surface area contributed by atoms with Gasteiger partial charge in [0, 0.05) is 19.2 Å². The van der Waals surface area contributed by atoms with Crippen molar-refractivity contribution in [2.24, 2.45) is 17.3 Å². The van der Waals surface area contributed by atoms with Gasteiger partial charge in [-0.3, -0.25) is 14.5 Å². The molecule has 0 spiro atoms. The molecule has 1 heterocycles. The second kappa shape index (κ2) is 10.4. The Morgan fingerprint density at radius 1 is 1.20 bits per heavy atom. The van der Waals surface area contributed by atoms with Crippen LogP contribution in [0.4, 0.5) is 0 Å². The summed E-state index contributed by atoms with van der Waals surface area (Å²) in [5.41, 5.74) is -0.295. The van der Waals surface area contributed by atoms with Gasteiger partial charge in [0.2, 0.25) is 11.8 Å². The second-order valence-corrected chi connectivity index (χ2v) is 10.3. The average Bonchev–Trinajstić information content (AvgIpc) is 2.61. The molecule has 4 unspecified atom stereocenters. The topological polar surface area (TPSA) is 90.0 Å². The number of nitrogens with zero attached hydrogens (tertiary/aromatic N) is 2. The number of rotatable bonds is 7. The maximum absolute atomic E-state index is 13.5. The number of likely N-dealkylation sites (N-methyl/N-ethyl adjacent to an activating group) is 2. The van der Waals surface area contributed by atoms with Gasteiger partial charge in [-0.05, 0) is 44.1 Å². The maximum atomic E-state index is 13.5. The van der Waals surface area contributed by atoms with Gasteiger partial charge in [-0.2, -0.15) is 0 Å². The molecule has 0 aromatic heterocycles. The van der Waals surface area contributed by atoms with Crippen molar-refractivity contribution in [1.82, 2.24) is 15.1 Å². The summed E-state index contributed by atoms with van der Waals surface area (Å²) in [6.45, 7) is 14.3. The fraction of sp³-hybridized carbons (Fsp3) is 0.783. The molecular weight excluding hydrogens is 382 g/mol. The normalized spacial score (nSPS) is 23.1. The third-order valence-electron chi connectivity index (χ3n) is 6.00. The average molecular weight is 424 g/mol. The van der Waals surface area contributed by atoms with E-state index in [4.69, 9.17) is 0 Å². The van der Waals surface area contributed by atoms with Gasteiger partial charge in [0.25, 0.3) is 0 Å². The van der Waals surface area contributed by atoms with Crippen LogP contribution in [0.15, 0.2) is 11.6 Å². The largest absolute Gasteiger partial charge is 0.478 e. The predicted molar refractivity (Wildman–Crippen MR) is 119 cm³/mol. The highest BCUT2D eigenvalue weighted by Crippen LogP contribution is 2.25. The van der Waals surface area contributed by atoms with Crippen LogP contribution in [-0.4, -0.2) is 71.5 Å². The summed E-state index contributed by atoms with van der Waals surface area (Å²) in [6, 6.07) is -1.32. The zero-order chi connectivity index (χ0) is 23.4. The molecule has 4 atom stereocenters. The summed E-state index contributed by atoms with van der Waals surface area (Å²) in [7, 11) is 3.63. The van der Waals surface area contributed by atoms with Gasteiger partial charge in [0.05, 0.1) is 12.1 Å². The molecule has 1 aliphatic rings. The maximum Gasteiger partial charge on any atom is 0.331 e. The Morgan fingerprint density at radius 2 is 1.77 bits per heavy atom.